The highest BCUT2D eigenvalue weighted by atomic mass is 16.6. The fourth-order valence-electron chi connectivity index (χ4n) is 7.85. The molecule has 350 valence electrons. The molecule has 0 unspecified atom stereocenters. The summed E-state index contributed by atoms with van der Waals surface area (Å²) in [5.74, 6) is 0.220. The van der Waals surface area contributed by atoms with Crippen molar-refractivity contribution in [2.75, 3.05) is 26.2 Å². The van der Waals surface area contributed by atoms with Crippen LogP contribution in [0.15, 0.2) is 60.7 Å². The van der Waals surface area contributed by atoms with E-state index in [1.807, 2.05) is 102 Å². The van der Waals surface area contributed by atoms with Crippen molar-refractivity contribution in [2.24, 2.45) is 5.73 Å². The maximum absolute atomic E-state index is 12.4. The monoisotopic (exact) mass is 879 g/mol. The summed E-state index contributed by atoms with van der Waals surface area (Å²) in [6.07, 6.45) is 9.90. The van der Waals surface area contributed by atoms with E-state index < -0.39 is 11.2 Å². The number of nitrogens with two attached hydrogens (primary N) is 1. The van der Waals surface area contributed by atoms with Gasteiger partial charge in [-0.05, 0) is 91.2 Å². The largest absolute Gasteiger partial charge is 0.445 e. The first-order valence-electron chi connectivity index (χ1n) is 22.9. The van der Waals surface area contributed by atoms with Gasteiger partial charge in [0.2, 0.25) is 0 Å². The minimum absolute atomic E-state index is 0.0752. The molecule has 2 aliphatic carbocycles. The van der Waals surface area contributed by atoms with Crippen LogP contribution in [0.1, 0.15) is 130 Å². The molecule has 4 amide bonds. The van der Waals surface area contributed by atoms with Crippen LogP contribution < -0.4 is 21.7 Å². The Morgan fingerprint density at radius 1 is 0.587 bits per heavy atom. The van der Waals surface area contributed by atoms with E-state index in [0.717, 1.165) is 75.3 Å². The van der Waals surface area contributed by atoms with Crippen LogP contribution in [-0.2, 0) is 37.0 Å². The van der Waals surface area contributed by atoms with Crippen LogP contribution in [-0.4, -0.2) is 108 Å². The predicted octanol–water partition coefficient (Wildman–Crippen LogP) is 7.98. The number of rotatable bonds is 8. The number of Topliss-reactive ketones (excluding diaryl/α,β-unsaturated/α-hetero) is 1. The Morgan fingerprint density at radius 2 is 1.00 bits per heavy atom. The molecule has 2 saturated carbocycles. The molecule has 0 bridgehead atoms. The lowest BCUT2D eigenvalue weighted by atomic mass is 9.89. The van der Waals surface area contributed by atoms with E-state index >= 15 is 0 Å². The fraction of sp³-hybridized carbons (Fsp3) is 0.646. The number of alkyl carbamates (subject to hydrolysis) is 2. The Morgan fingerprint density at radius 3 is 1.46 bits per heavy atom. The van der Waals surface area contributed by atoms with Crippen molar-refractivity contribution >= 4 is 30.2 Å². The molecule has 2 aliphatic heterocycles. The number of likely N-dealkylation sites (tertiary alicyclic amines) is 2. The van der Waals surface area contributed by atoms with Gasteiger partial charge in [-0.1, -0.05) is 86.3 Å². The highest BCUT2D eigenvalue weighted by Crippen LogP contribution is 2.23. The molecule has 4 atom stereocenters. The van der Waals surface area contributed by atoms with Crippen LogP contribution in [0.5, 0.6) is 0 Å². The quantitative estimate of drug-likeness (QED) is 0.188. The number of carbonyl (C=O) groups excluding carboxylic acids is 5. The van der Waals surface area contributed by atoms with E-state index in [2.05, 4.69) is 16.0 Å². The molecule has 2 saturated heterocycles. The number of ether oxygens (including phenoxy) is 4. The lowest BCUT2D eigenvalue weighted by molar-refractivity contribution is -0.121. The summed E-state index contributed by atoms with van der Waals surface area (Å²) in [6, 6.07) is 20.1. The molecule has 0 spiro atoms. The number of carbonyl (C=O) groups is 5. The highest BCUT2D eigenvalue weighted by Gasteiger charge is 2.32. The van der Waals surface area contributed by atoms with Gasteiger partial charge in [-0.2, -0.15) is 0 Å². The van der Waals surface area contributed by atoms with Crippen molar-refractivity contribution in [3.8, 4) is 0 Å². The number of hydrogen-bond donors (Lipinski definition) is 4. The molecule has 2 heterocycles. The third-order valence-corrected chi connectivity index (χ3v) is 11.2. The highest BCUT2D eigenvalue weighted by molar-refractivity contribution is 5.81. The van der Waals surface area contributed by atoms with Crippen molar-refractivity contribution in [2.45, 2.75) is 173 Å². The molecule has 6 rings (SSSR count). The first-order chi connectivity index (χ1) is 29.9. The Balaban J connectivity index is 0.000000229. The number of ketones is 1. The minimum Gasteiger partial charge on any atom is -0.445 e. The van der Waals surface area contributed by atoms with E-state index in [-0.39, 0.29) is 60.9 Å². The van der Waals surface area contributed by atoms with Gasteiger partial charge < -0.3 is 50.4 Å². The van der Waals surface area contributed by atoms with Gasteiger partial charge in [0.05, 0.1) is 0 Å². The third-order valence-electron chi connectivity index (χ3n) is 11.2. The van der Waals surface area contributed by atoms with Crippen LogP contribution >= 0.6 is 0 Å². The Kier molecular flexibility index (Phi) is 20.5. The zero-order valence-corrected chi connectivity index (χ0v) is 38.5. The second kappa shape index (κ2) is 25.4. The second-order valence-corrected chi connectivity index (χ2v) is 18.9. The Bertz CT molecular complexity index is 1700. The molecule has 15 nitrogen and oxygen atoms in total. The van der Waals surface area contributed by atoms with E-state index in [1.54, 1.807) is 9.80 Å². The van der Waals surface area contributed by atoms with Crippen molar-refractivity contribution < 1.29 is 42.9 Å². The van der Waals surface area contributed by atoms with Gasteiger partial charge in [-0.3, -0.25) is 4.79 Å². The summed E-state index contributed by atoms with van der Waals surface area (Å²) in [5, 5.41) is 9.65. The minimum atomic E-state index is -0.496. The number of piperidine rings is 2. The van der Waals surface area contributed by atoms with Crippen LogP contribution in [0.25, 0.3) is 0 Å². The molecule has 5 N–H and O–H groups in total. The molecule has 63 heavy (non-hydrogen) atoms. The second-order valence-electron chi connectivity index (χ2n) is 18.9. The Hall–Kier alpha value is -4.89. The maximum Gasteiger partial charge on any atom is 0.410 e. The lowest BCUT2D eigenvalue weighted by Crippen LogP contribution is -2.56. The molecule has 2 aromatic carbocycles. The smallest absolute Gasteiger partial charge is 0.410 e. The summed E-state index contributed by atoms with van der Waals surface area (Å²) < 4.78 is 21.3. The van der Waals surface area contributed by atoms with Gasteiger partial charge in [-0.25, -0.2) is 19.2 Å². The average Bonchev–Trinajstić information content (AvgIpc) is 3.24. The number of amides is 4. The zero-order valence-electron chi connectivity index (χ0n) is 38.5. The van der Waals surface area contributed by atoms with Gasteiger partial charge in [0.1, 0.15) is 30.2 Å². The molecule has 4 aliphatic rings. The average molecular weight is 879 g/mol. The maximum atomic E-state index is 12.4. The zero-order chi connectivity index (χ0) is 45.8. The van der Waals surface area contributed by atoms with Crippen molar-refractivity contribution in [3.63, 3.8) is 0 Å². The van der Waals surface area contributed by atoms with Gasteiger partial charge in [0, 0.05) is 69.2 Å². The Labute approximate surface area is 374 Å². The fourth-order valence-corrected chi connectivity index (χ4v) is 7.85. The van der Waals surface area contributed by atoms with E-state index in [1.165, 1.54) is 0 Å². The summed E-state index contributed by atoms with van der Waals surface area (Å²) in [4.78, 5) is 62.2. The van der Waals surface area contributed by atoms with Crippen molar-refractivity contribution in [1.29, 1.82) is 0 Å². The number of benzene rings is 2. The van der Waals surface area contributed by atoms with Crippen molar-refractivity contribution in [3.05, 3.63) is 71.8 Å². The summed E-state index contributed by atoms with van der Waals surface area (Å²) >= 11 is 0. The standard InChI is InChI=1S/C24H37N3O4.C13H15NO3.C11H22N2O2/c1-24(2,3)31-22(28)26-21-12-8-7-11-20(21)25-19-13-15-27(16-14-19)23(29)30-17-18-9-5-4-6-10-18;15-12-6-8-14(9-7-12)13(16)17-10-11-4-2-1-3-5-11;1-11(2,3)15-10(14)13-9-7-5-4-6-8(9)12/h4-6,9-10,19-21,25H,7-8,11-17H2,1-3H3,(H,26,28);1-5H,6-10H2;8-9H,4-7,12H2,1-3H3,(H,13,14)/t20-,21+;;8-,9+/m0.0/s1. The molecule has 2 aromatic rings. The summed E-state index contributed by atoms with van der Waals surface area (Å²) in [7, 11) is 0. The molecule has 4 fully saturated rings. The number of nitrogens with zero attached hydrogens (tertiary/aromatic N) is 2. The number of nitrogens with one attached hydrogen (secondary N) is 3. The molecular weight excluding hydrogens is 805 g/mol. The molecule has 15 heteroatoms. The van der Waals surface area contributed by atoms with E-state index in [9.17, 15) is 24.0 Å². The molecule has 0 radical (unpaired) electrons. The predicted molar refractivity (Wildman–Crippen MR) is 242 cm³/mol. The molecule has 0 aromatic heterocycles. The molecular formula is C48H74N6O9. The third kappa shape index (κ3) is 20.0. The van der Waals surface area contributed by atoms with Crippen LogP contribution in [0.2, 0.25) is 0 Å². The summed E-state index contributed by atoms with van der Waals surface area (Å²) in [5.41, 5.74) is 6.94. The van der Waals surface area contributed by atoms with E-state index in [0.29, 0.717) is 51.7 Å². The number of hydrogen-bond acceptors (Lipinski definition) is 11. The van der Waals surface area contributed by atoms with Crippen LogP contribution in [0, 0.1) is 0 Å². The first-order valence-corrected chi connectivity index (χ1v) is 22.9. The van der Waals surface area contributed by atoms with Gasteiger partial charge in [-0.15, -0.1) is 0 Å². The topological polar surface area (TPSA) is 191 Å². The normalized spacial score (nSPS) is 21.9. The lowest BCUT2D eigenvalue weighted by Gasteiger charge is -2.38. The van der Waals surface area contributed by atoms with E-state index in [4.69, 9.17) is 24.7 Å². The first kappa shape index (κ1) is 50.8. The van der Waals surface area contributed by atoms with Crippen LogP contribution in [0.4, 0.5) is 19.2 Å². The van der Waals surface area contributed by atoms with Gasteiger partial charge >= 0.3 is 24.4 Å². The SMILES string of the molecule is CC(C)(C)OC(=O)N[C@@H]1CCCC[C@@H]1N.CC(C)(C)OC(=O)N[C@@H]1CCCC[C@@H]1NC1CCN(C(=O)OCc2ccccc2)CC1.O=C1CCN(C(=O)OCc2ccccc2)CC1. The van der Waals surface area contributed by atoms with Gasteiger partial charge in [0.25, 0.3) is 0 Å². The van der Waals surface area contributed by atoms with Crippen LogP contribution in [0.3, 0.4) is 0 Å². The summed E-state index contributed by atoms with van der Waals surface area (Å²) in [6.45, 7) is 14.1. The van der Waals surface area contributed by atoms with Gasteiger partial charge in [0.15, 0.2) is 0 Å². The van der Waals surface area contributed by atoms with Crippen molar-refractivity contribution in [1.82, 2.24) is 25.8 Å².